The van der Waals surface area contributed by atoms with Gasteiger partial charge in [0.1, 0.15) is 5.58 Å². The maximum absolute atomic E-state index is 9.82. The number of aliphatic hydroxyl groups is 1. The first-order valence-corrected chi connectivity index (χ1v) is 7.53. The molecule has 0 aliphatic heterocycles. The molecule has 2 N–H and O–H groups in total. The highest BCUT2D eigenvalue weighted by Gasteiger charge is 2.33. The number of para-hydroxylation sites is 1. The van der Waals surface area contributed by atoms with E-state index in [-0.39, 0.29) is 12.1 Å². The zero-order valence-corrected chi connectivity index (χ0v) is 12.1. The Morgan fingerprint density at radius 2 is 2.25 bits per heavy atom. The van der Waals surface area contributed by atoms with Crippen LogP contribution in [0.4, 0.5) is 0 Å². The van der Waals surface area contributed by atoms with E-state index in [2.05, 4.69) is 18.3 Å². The molecule has 1 aliphatic rings. The zero-order chi connectivity index (χ0) is 14.0. The summed E-state index contributed by atoms with van der Waals surface area (Å²) in [6.45, 7) is 3.25. The van der Waals surface area contributed by atoms with Crippen molar-refractivity contribution < 1.29 is 9.52 Å². The van der Waals surface area contributed by atoms with Gasteiger partial charge in [0.15, 0.2) is 0 Å². The Morgan fingerprint density at radius 1 is 1.40 bits per heavy atom. The van der Waals surface area contributed by atoms with Crippen LogP contribution >= 0.6 is 0 Å². The van der Waals surface area contributed by atoms with Gasteiger partial charge < -0.3 is 14.8 Å². The average Bonchev–Trinajstić information content (AvgIpc) is 2.88. The summed E-state index contributed by atoms with van der Waals surface area (Å²) in [4.78, 5) is 0. The van der Waals surface area contributed by atoms with Crippen molar-refractivity contribution in [2.24, 2.45) is 5.92 Å². The summed E-state index contributed by atoms with van der Waals surface area (Å²) in [5.41, 5.74) is 1.99. The maximum Gasteiger partial charge on any atom is 0.134 e. The van der Waals surface area contributed by atoms with Crippen molar-refractivity contribution in [2.45, 2.75) is 44.7 Å². The summed E-state index contributed by atoms with van der Waals surface area (Å²) in [6.07, 6.45) is 6.41. The second-order valence-corrected chi connectivity index (χ2v) is 6.25. The Balaban J connectivity index is 1.74. The summed E-state index contributed by atoms with van der Waals surface area (Å²) < 4.78 is 5.57. The molecule has 0 amide bonds. The van der Waals surface area contributed by atoms with Crippen LogP contribution in [0.15, 0.2) is 34.9 Å². The number of aliphatic hydroxyl groups excluding tert-OH is 1. The molecule has 1 fully saturated rings. The van der Waals surface area contributed by atoms with Crippen LogP contribution < -0.4 is 5.32 Å². The van der Waals surface area contributed by atoms with Crippen LogP contribution in [0.2, 0.25) is 0 Å². The summed E-state index contributed by atoms with van der Waals surface area (Å²) >= 11 is 0. The lowest BCUT2D eigenvalue weighted by Gasteiger charge is -2.39. The molecule has 2 unspecified atom stereocenters. The van der Waals surface area contributed by atoms with E-state index in [1.54, 1.807) is 0 Å². The van der Waals surface area contributed by atoms with Gasteiger partial charge in [0.25, 0.3) is 0 Å². The molecule has 3 nitrogen and oxygen atoms in total. The molecule has 2 atom stereocenters. The van der Waals surface area contributed by atoms with Gasteiger partial charge in [-0.3, -0.25) is 0 Å². The first-order chi connectivity index (χ1) is 9.72. The first-order valence-electron chi connectivity index (χ1n) is 7.53. The lowest BCUT2D eigenvalue weighted by Crippen LogP contribution is -2.51. The molecule has 1 aliphatic carbocycles. The van der Waals surface area contributed by atoms with E-state index in [4.69, 9.17) is 4.42 Å². The minimum absolute atomic E-state index is 0.115. The number of hydrogen-bond donors (Lipinski definition) is 2. The van der Waals surface area contributed by atoms with Crippen LogP contribution in [0.5, 0.6) is 0 Å². The number of nitrogens with one attached hydrogen (secondary N) is 1. The lowest BCUT2D eigenvalue weighted by atomic mass is 9.77. The van der Waals surface area contributed by atoms with Crippen molar-refractivity contribution in [1.29, 1.82) is 0 Å². The van der Waals surface area contributed by atoms with Gasteiger partial charge in [-0.1, -0.05) is 38.0 Å². The number of hydrogen-bond acceptors (Lipinski definition) is 3. The molecule has 1 heterocycles. The predicted octanol–water partition coefficient (Wildman–Crippen LogP) is 3.46. The summed E-state index contributed by atoms with van der Waals surface area (Å²) in [5, 5.41) is 14.6. The van der Waals surface area contributed by atoms with Crippen LogP contribution in [0, 0.1) is 5.92 Å². The molecule has 20 heavy (non-hydrogen) atoms. The van der Waals surface area contributed by atoms with Gasteiger partial charge in [-0.25, -0.2) is 0 Å². The van der Waals surface area contributed by atoms with Crippen molar-refractivity contribution in [3.8, 4) is 0 Å². The van der Waals surface area contributed by atoms with E-state index < -0.39 is 0 Å². The number of fused-ring (bicyclic) bond motifs is 1. The van der Waals surface area contributed by atoms with Gasteiger partial charge in [0.2, 0.25) is 0 Å². The topological polar surface area (TPSA) is 45.4 Å². The lowest BCUT2D eigenvalue weighted by molar-refractivity contribution is 0.0983. The Hall–Kier alpha value is -1.32. The quantitative estimate of drug-likeness (QED) is 0.896. The molecule has 108 valence electrons. The number of furan rings is 1. The minimum atomic E-state index is -0.115. The molecule has 1 aromatic carbocycles. The number of benzene rings is 1. The molecule has 0 radical (unpaired) electrons. The maximum atomic E-state index is 9.82. The summed E-state index contributed by atoms with van der Waals surface area (Å²) in [5.74, 6) is 0.685. The van der Waals surface area contributed by atoms with Gasteiger partial charge in [-0.2, -0.15) is 0 Å². The summed E-state index contributed by atoms with van der Waals surface area (Å²) in [7, 11) is 0. The Morgan fingerprint density at radius 3 is 3.05 bits per heavy atom. The summed E-state index contributed by atoms with van der Waals surface area (Å²) in [6, 6.07) is 8.10. The SMILES string of the molecule is CC1CCCC(CO)(NCc2coc3ccccc23)C1. The Kier molecular flexibility index (Phi) is 3.81. The molecule has 3 rings (SSSR count). The molecular weight excluding hydrogens is 250 g/mol. The van der Waals surface area contributed by atoms with Crippen LogP contribution in [0.25, 0.3) is 11.0 Å². The molecule has 0 bridgehead atoms. The van der Waals surface area contributed by atoms with E-state index in [1.807, 2.05) is 24.5 Å². The smallest absolute Gasteiger partial charge is 0.134 e. The van der Waals surface area contributed by atoms with E-state index in [1.165, 1.54) is 18.4 Å². The normalized spacial score (nSPS) is 27.0. The zero-order valence-electron chi connectivity index (χ0n) is 12.1. The van der Waals surface area contributed by atoms with Crippen molar-refractivity contribution in [3.05, 3.63) is 36.1 Å². The predicted molar refractivity (Wildman–Crippen MR) is 80.5 cm³/mol. The number of rotatable bonds is 4. The molecule has 1 saturated carbocycles. The molecule has 0 saturated heterocycles. The third-order valence-electron chi connectivity index (χ3n) is 4.61. The van der Waals surface area contributed by atoms with E-state index >= 15 is 0 Å². The molecule has 0 spiro atoms. The van der Waals surface area contributed by atoms with E-state index in [0.29, 0.717) is 5.92 Å². The van der Waals surface area contributed by atoms with Crippen LogP contribution in [0.1, 0.15) is 38.2 Å². The first kappa shape index (κ1) is 13.7. The van der Waals surface area contributed by atoms with Gasteiger partial charge in [-0.05, 0) is 24.8 Å². The fourth-order valence-electron chi connectivity index (χ4n) is 3.47. The third-order valence-corrected chi connectivity index (χ3v) is 4.61. The van der Waals surface area contributed by atoms with Crippen molar-refractivity contribution in [2.75, 3.05) is 6.61 Å². The second kappa shape index (κ2) is 5.58. The monoisotopic (exact) mass is 273 g/mol. The molecule has 1 aromatic heterocycles. The highest BCUT2D eigenvalue weighted by Crippen LogP contribution is 2.32. The fraction of sp³-hybridized carbons (Fsp3) is 0.529. The van der Waals surface area contributed by atoms with Crippen molar-refractivity contribution in [3.63, 3.8) is 0 Å². The Labute approximate surface area is 120 Å². The molecule has 3 heteroatoms. The van der Waals surface area contributed by atoms with Crippen LogP contribution in [-0.4, -0.2) is 17.3 Å². The largest absolute Gasteiger partial charge is 0.464 e. The van der Waals surface area contributed by atoms with Crippen molar-refractivity contribution >= 4 is 11.0 Å². The minimum Gasteiger partial charge on any atom is -0.464 e. The van der Waals surface area contributed by atoms with Gasteiger partial charge in [-0.15, -0.1) is 0 Å². The van der Waals surface area contributed by atoms with E-state index in [0.717, 1.165) is 30.4 Å². The molecule has 2 aromatic rings. The standard InChI is InChI=1S/C17H23NO2/c1-13-5-4-8-17(9-13,12-19)18-10-14-11-20-16-7-3-2-6-15(14)16/h2-3,6-7,11,13,18-19H,4-5,8-10,12H2,1H3. The second-order valence-electron chi connectivity index (χ2n) is 6.25. The van der Waals surface area contributed by atoms with Gasteiger partial charge in [0.05, 0.1) is 12.9 Å². The highest BCUT2D eigenvalue weighted by molar-refractivity contribution is 5.80. The third kappa shape index (κ3) is 2.60. The highest BCUT2D eigenvalue weighted by atomic mass is 16.3. The van der Waals surface area contributed by atoms with Gasteiger partial charge >= 0.3 is 0 Å². The fourth-order valence-corrected chi connectivity index (χ4v) is 3.47. The Bertz CT molecular complexity index is 577. The van der Waals surface area contributed by atoms with Crippen LogP contribution in [-0.2, 0) is 6.54 Å². The average molecular weight is 273 g/mol. The molecular formula is C17H23NO2. The van der Waals surface area contributed by atoms with Crippen molar-refractivity contribution in [1.82, 2.24) is 5.32 Å². The van der Waals surface area contributed by atoms with Gasteiger partial charge in [0, 0.05) is 23.0 Å². The van der Waals surface area contributed by atoms with E-state index in [9.17, 15) is 5.11 Å². The van der Waals surface area contributed by atoms with Crippen LogP contribution in [0.3, 0.4) is 0 Å².